The van der Waals surface area contributed by atoms with Crippen molar-refractivity contribution < 1.29 is 18.8 Å². The molecule has 3 aromatic rings. The molecule has 4 heterocycles. The van der Waals surface area contributed by atoms with E-state index in [2.05, 4.69) is 28.8 Å². The van der Waals surface area contributed by atoms with Gasteiger partial charge in [-0.1, -0.05) is 25.0 Å². The van der Waals surface area contributed by atoms with Gasteiger partial charge in [0.2, 0.25) is 11.8 Å². The quantitative estimate of drug-likeness (QED) is 0.582. The van der Waals surface area contributed by atoms with Crippen molar-refractivity contribution in [3.63, 3.8) is 0 Å². The first-order chi connectivity index (χ1) is 16.0. The second-order valence-electron chi connectivity index (χ2n) is 9.65. The largest absolute Gasteiger partial charge is 0.455 e. The fourth-order valence-electron chi connectivity index (χ4n) is 5.80. The van der Waals surface area contributed by atoms with E-state index in [-0.39, 0.29) is 24.1 Å². The van der Waals surface area contributed by atoms with Crippen LogP contribution in [0.2, 0.25) is 0 Å². The van der Waals surface area contributed by atoms with Crippen molar-refractivity contribution in [1.29, 1.82) is 0 Å². The van der Waals surface area contributed by atoms with Crippen LogP contribution in [0.5, 0.6) is 0 Å². The number of imide groups is 1. The molecule has 1 aliphatic carbocycles. The molecule has 0 radical (unpaired) electrons. The van der Waals surface area contributed by atoms with E-state index in [0.717, 1.165) is 35.3 Å². The topological polar surface area (TPSA) is 91.7 Å². The maximum atomic E-state index is 13.0. The van der Waals surface area contributed by atoms with Gasteiger partial charge in [0.25, 0.3) is 5.91 Å². The number of piperidine rings is 1. The number of hydrogen-bond acceptors (Lipinski definition) is 5. The van der Waals surface area contributed by atoms with Crippen molar-refractivity contribution in [1.82, 2.24) is 10.2 Å². The zero-order valence-corrected chi connectivity index (χ0v) is 18.4. The molecule has 1 saturated carbocycles. The number of benzene rings is 2. The Hall–Kier alpha value is -3.35. The summed E-state index contributed by atoms with van der Waals surface area (Å²) < 4.78 is 5.70. The minimum atomic E-state index is -0.570. The summed E-state index contributed by atoms with van der Waals surface area (Å²) in [7, 11) is 0. The third kappa shape index (κ3) is 3.65. The second kappa shape index (κ2) is 7.90. The van der Waals surface area contributed by atoms with Crippen molar-refractivity contribution >= 4 is 34.6 Å². The number of nitrogens with zero attached hydrogens (tertiary/aromatic N) is 1. The van der Waals surface area contributed by atoms with E-state index in [4.69, 9.17) is 4.42 Å². The van der Waals surface area contributed by atoms with Crippen LogP contribution >= 0.6 is 0 Å². The van der Waals surface area contributed by atoms with E-state index in [0.29, 0.717) is 30.5 Å². The highest BCUT2D eigenvalue weighted by atomic mass is 16.3. The summed E-state index contributed by atoms with van der Waals surface area (Å²) in [5, 5.41) is 6.09. The van der Waals surface area contributed by atoms with Crippen LogP contribution < -0.4 is 10.6 Å². The van der Waals surface area contributed by atoms with Crippen molar-refractivity contribution in [3.8, 4) is 0 Å². The van der Waals surface area contributed by atoms with Gasteiger partial charge in [0.1, 0.15) is 11.6 Å². The predicted octanol–water partition coefficient (Wildman–Crippen LogP) is 3.85. The number of nitrogens with one attached hydrogen (secondary N) is 2. The molecule has 2 aromatic heterocycles. The molecule has 7 heteroatoms. The summed E-state index contributed by atoms with van der Waals surface area (Å²) in [5.41, 5.74) is 5.78. The Morgan fingerprint density at radius 3 is 2.70 bits per heavy atom. The average Bonchev–Trinajstić information content (AvgIpc) is 3.50. The van der Waals surface area contributed by atoms with Crippen molar-refractivity contribution in [3.05, 3.63) is 53.1 Å². The smallest absolute Gasteiger partial charge is 0.255 e. The lowest BCUT2D eigenvalue weighted by molar-refractivity contribution is -0.136. The van der Waals surface area contributed by atoms with Crippen molar-refractivity contribution in [2.45, 2.75) is 63.6 Å². The molecule has 1 saturated heterocycles. The Kier molecular flexibility index (Phi) is 4.85. The number of carbonyl (C=O) groups excluding carboxylic acids is 3. The summed E-state index contributed by atoms with van der Waals surface area (Å²) in [5.74, 6) is -0.239. The third-order valence-corrected chi connectivity index (χ3v) is 7.51. The monoisotopic (exact) mass is 445 g/mol. The van der Waals surface area contributed by atoms with E-state index >= 15 is 0 Å². The van der Waals surface area contributed by atoms with Gasteiger partial charge in [-0.3, -0.25) is 19.7 Å². The fraction of sp³-hybridized carbons (Fsp3) is 0.423. The predicted molar refractivity (Wildman–Crippen MR) is 123 cm³/mol. The Morgan fingerprint density at radius 2 is 1.91 bits per heavy atom. The van der Waals surface area contributed by atoms with Crippen LogP contribution in [-0.2, 0) is 22.6 Å². The number of anilines is 1. The van der Waals surface area contributed by atoms with E-state index in [1.807, 2.05) is 18.2 Å². The fourth-order valence-corrected chi connectivity index (χ4v) is 5.80. The highest BCUT2D eigenvalue weighted by Gasteiger charge is 2.39. The molecule has 3 atom stereocenters. The van der Waals surface area contributed by atoms with Gasteiger partial charge in [-0.15, -0.1) is 0 Å². The first-order valence-corrected chi connectivity index (χ1v) is 11.9. The highest BCUT2D eigenvalue weighted by molar-refractivity contribution is 6.05. The molecule has 3 amide bonds. The molecule has 2 N–H and O–H groups in total. The minimum Gasteiger partial charge on any atom is -0.455 e. The van der Waals surface area contributed by atoms with Crippen LogP contribution in [0.15, 0.2) is 40.8 Å². The Labute approximate surface area is 191 Å². The lowest BCUT2D eigenvalue weighted by Crippen LogP contribution is -2.52. The van der Waals surface area contributed by atoms with Gasteiger partial charge in [0, 0.05) is 30.6 Å². The number of amides is 3. The van der Waals surface area contributed by atoms with Gasteiger partial charge >= 0.3 is 0 Å². The Bertz CT molecular complexity index is 1230. The average molecular weight is 446 g/mol. The maximum Gasteiger partial charge on any atom is 0.255 e. The van der Waals surface area contributed by atoms with Crippen LogP contribution in [0.1, 0.15) is 60.0 Å². The third-order valence-electron chi connectivity index (χ3n) is 7.51. The SMILES string of the molecule is O=C1CCC(N2Cc3cc(C[C@H]4CCCC[C@@H]4Nc4cc5ccc4o5)ccc3C2=O)C(=O)N1. The minimum absolute atomic E-state index is 0.117. The first-order valence-electron chi connectivity index (χ1n) is 11.9. The van der Waals surface area contributed by atoms with E-state index < -0.39 is 6.04 Å². The van der Waals surface area contributed by atoms with E-state index in [9.17, 15) is 14.4 Å². The summed E-state index contributed by atoms with van der Waals surface area (Å²) >= 11 is 0. The molecule has 2 bridgehead atoms. The number of hydrogen-bond donors (Lipinski definition) is 2. The van der Waals surface area contributed by atoms with Gasteiger partial charge < -0.3 is 14.6 Å². The first kappa shape index (κ1) is 20.3. The van der Waals surface area contributed by atoms with Crippen molar-refractivity contribution in [2.24, 2.45) is 5.92 Å². The molecule has 170 valence electrons. The number of carbonyl (C=O) groups is 3. The number of fused-ring (bicyclic) bond motifs is 3. The van der Waals surface area contributed by atoms with E-state index in [1.54, 1.807) is 4.90 Å². The molecular formula is C26H27N3O4. The zero-order chi connectivity index (χ0) is 22.5. The molecule has 2 fully saturated rings. The lowest BCUT2D eigenvalue weighted by atomic mass is 9.80. The highest BCUT2D eigenvalue weighted by Crippen LogP contribution is 2.35. The molecule has 2 aliphatic heterocycles. The zero-order valence-electron chi connectivity index (χ0n) is 18.4. The molecule has 3 aliphatic rings. The maximum absolute atomic E-state index is 13.0. The molecule has 6 rings (SSSR count). The van der Waals surface area contributed by atoms with Gasteiger partial charge in [-0.2, -0.15) is 0 Å². The second-order valence-corrected chi connectivity index (χ2v) is 9.65. The van der Waals surface area contributed by atoms with Crippen LogP contribution in [0.4, 0.5) is 5.69 Å². The molecule has 1 unspecified atom stereocenters. The van der Waals surface area contributed by atoms with Crippen LogP contribution in [-0.4, -0.2) is 34.7 Å². The number of rotatable bonds is 5. The summed E-state index contributed by atoms with van der Waals surface area (Å²) in [6, 6.07) is 12.0. The Balaban J connectivity index is 1.17. The van der Waals surface area contributed by atoms with Gasteiger partial charge in [0.05, 0.1) is 5.69 Å². The molecule has 33 heavy (non-hydrogen) atoms. The molecule has 7 nitrogen and oxygen atoms in total. The summed E-state index contributed by atoms with van der Waals surface area (Å²) in [6.07, 6.45) is 6.39. The van der Waals surface area contributed by atoms with Gasteiger partial charge in [-0.25, -0.2) is 0 Å². The van der Waals surface area contributed by atoms with Crippen LogP contribution in [0.3, 0.4) is 0 Å². The van der Waals surface area contributed by atoms with Gasteiger partial charge in [-0.05, 0) is 60.9 Å². The summed E-state index contributed by atoms with van der Waals surface area (Å²) in [6.45, 7) is 0.425. The molecule has 1 aromatic carbocycles. The molecule has 0 spiro atoms. The van der Waals surface area contributed by atoms with Crippen molar-refractivity contribution in [2.75, 3.05) is 5.32 Å². The number of furan rings is 2. The Morgan fingerprint density at radius 1 is 1.03 bits per heavy atom. The lowest BCUT2D eigenvalue weighted by Gasteiger charge is -2.33. The summed E-state index contributed by atoms with van der Waals surface area (Å²) in [4.78, 5) is 38.3. The van der Waals surface area contributed by atoms with E-state index in [1.165, 1.54) is 24.8 Å². The normalized spacial score (nSPS) is 25.5. The molecular weight excluding hydrogens is 418 g/mol. The standard InChI is InChI=1S/C26H27N3O4/c30-24-10-8-22(25(31)28-24)29-14-17-12-15(5-7-19(17)26(29)32)11-16-3-1-2-4-20(16)27-21-13-18-6-9-23(21)33-18/h5-7,9,12-13,16,20,22,27H,1-4,8,10-11,14H2,(H,28,30,31)/t16-,20+,22?/m1/s1. The van der Waals surface area contributed by atoms with Crippen LogP contribution in [0.25, 0.3) is 11.2 Å². The van der Waals surface area contributed by atoms with Gasteiger partial charge in [0.15, 0.2) is 5.58 Å². The van der Waals surface area contributed by atoms with Crippen LogP contribution in [0, 0.1) is 5.92 Å².